The summed E-state index contributed by atoms with van der Waals surface area (Å²) in [6.07, 6.45) is 2.74. The molecule has 0 unspecified atom stereocenters. The Kier molecular flexibility index (Phi) is 5.02. The third kappa shape index (κ3) is 3.44. The first-order chi connectivity index (χ1) is 12.5. The number of carboxylic acid groups (broad SMARTS) is 2. The predicted molar refractivity (Wildman–Crippen MR) is 97.8 cm³/mol. The summed E-state index contributed by atoms with van der Waals surface area (Å²) in [5, 5.41) is 18.5. The number of nitrogens with zero attached hydrogens (tertiary/aromatic N) is 2. The normalized spacial score (nSPS) is 11.0. The third-order valence-corrected chi connectivity index (χ3v) is 4.38. The van der Waals surface area contributed by atoms with Gasteiger partial charge in [0, 0.05) is 13.0 Å². The summed E-state index contributed by atoms with van der Waals surface area (Å²) in [5.74, 6) is -1.11. The molecule has 0 atom stereocenters. The van der Waals surface area contributed by atoms with E-state index in [1.807, 2.05) is 10.6 Å². The fourth-order valence-corrected chi connectivity index (χ4v) is 3.01. The minimum atomic E-state index is -0.992. The van der Waals surface area contributed by atoms with Crippen molar-refractivity contribution in [2.24, 2.45) is 0 Å². The lowest BCUT2D eigenvalue weighted by Gasteiger charge is -2.10. The van der Waals surface area contributed by atoms with Crippen molar-refractivity contribution in [3.63, 3.8) is 0 Å². The highest BCUT2D eigenvalue weighted by atomic mass is 16.4. The first kappa shape index (κ1) is 17.7. The van der Waals surface area contributed by atoms with E-state index in [9.17, 15) is 14.7 Å². The summed E-state index contributed by atoms with van der Waals surface area (Å²) in [7, 11) is 0. The lowest BCUT2D eigenvalue weighted by molar-refractivity contribution is 0.0687. The van der Waals surface area contributed by atoms with E-state index in [4.69, 9.17) is 5.11 Å². The Bertz CT molecular complexity index is 958. The summed E-state index contributed by atoms with van der Waals surface area (Å²) in [5.41, 5.74) is 2.64. The summed E-state index contributed by atoms with van der Waals surface area (Å²) in [6.45, 7) is 2.61. The second-order valence-corrected chi connectivity index (χ2v) is 6.20. The smallest absolute Gasteiger partial charge is 0.337 e. The number of imidazole rings is 1. The maximum Gasteiger partial charge on any atom is 0.337 e. The van der Waals surface area contributed by atoms with Gasteiger partial charge in [0.1, 0.15) is 11.3 Å². The number of aryl methyl sites for hydroxylation is 1. The number of benzene rings is 2. The second kappa shape index (κ2) is 7.39. The number of unbranched alkanes of at least 4 members (excludes halogenated alkanes) is 1. The molecular weight excluding hydrogens is 332 g/mol. The number of hydrogen-bond acceptors (Lipinski definition) is 3. The number of rotatable bonds is 7. The minimum absolute atomic E-state index is 0.195. The van der Waals surface area contributed by atoms with E-state index in [2.05, 4.69) is 11.9 Å². The van der Waals surface area contributed by atoms with Crippen LogP contribution in [0.15, 0.2) is 42.5 Å². The van der Waals surface area contributed by atoms with Crippen LogP contribution in [0.5, 0.6) is 0 Å². The van der Waals surface area contributed by atoms with Crippen LogP contribution in [0.4, 0.5) is 0 Å². The molecule has 0 aliphatic rings. The van der Waals surface area contributed by atoms with Crippen LogP contribution in [-0.4, -0.2) is 31.7 Å². The van der Waals surface area contributed by atoms with Crippen molar-refractivity contribution >= 4 is 23.0 Å². The quantitative estimate of drug-likeness (QED) is 0.674. The predicted octanol–water partition coefficient (Wildman–Crippen LogP) is 3.82. The maximum absolute atomic E-state index is 11.5. The summed E-state index contributed by atoms with van der Waals surface area (Å²) >= 11 is 0. The van der Waals surface area contributed by atoms with Crippen molar-refractivity contribution in [1.82, 2.24) is 9.55 Å². The molecule has 0 bridgehead atoms. The molecule has 3 aromatic rings. The molecule has 0 saturated heterocycles. The Morgan fingerprint density at radius 3 is 2.38 bits per heavy atom. The maximum atomic E-state index is 11.5. The van der Waals surface area contributed by atoms with Crippen molar-refractivity contribution in [2.75, 3.05) is 0 Å². The zero-order chi connectivity index (χ0) is 18.7. The van der Waals surface area contributed by atoms with E-state index < -0.39 is 11.9 Å². The topological polar surface area (TPSA) is 92.4 Å². The molecule has 0 spiro atoms. The van der Waals surface area contributed by atoms with Crippen molar-refractivity contribution in [1.29, 1.82) is 0 Å². The average molecular weight is 352 g/mol. The molecule has 0 fully saturated rings. The van der Waals surface area contributed by atoms with E-state index >= 15 is 0 Å². The van der Waals surface area contributed by atoms with E-state index in [0.717, 1.165) is 36.2 Å². The highest BCUT2D eigenvalue weighted by molar-refractivity contribution is 6.01. The third-order valence-electron chi connectivity index (χ3n) is 4.38. The van der Waals surface area contributed by atoms with Crippen molar-refractivity contribution in [3.8, 4) is 0 Å². The second-order valence-electron chi connectivity index (χ2n) is 6.20. The molecule has 1 heterocycles. The van der Waals surface area contributed by atoms with E-state index in [-0.39, 0.29) is 11.1 Å². The molecule has 26 heavy (non-hydrogen) atoms. The van der Waals surface area contributed by atoms with E-state index in [1.54, 1.807) is 36.4 Å². The highest BCUT2D eigenvalue weighted by Crippen LogP contribution is 2.23. The number of aromatic carboxylic acids is 2. The molecule has 0 aliphatic heterocycles. The number of carbonyl (C=O) groups is 2. The molecule has 1 aromatic heterocycles. The minimum Gasteiger partial charge on any atom is -0.478 e. The van der Waals surface area contributed by atoms with E-state index in [0.29, 0.717) is 12.1 Å². The van der Waals surface area contributed by atoms with Gasteiger partial charge in [0.05, 0.1) is 16.6 Å². The van der Waals surface area contributed by atoms with Gasteiger partial charge in [0.15, 0.2) is 0 Å². The van der Waals surface area contributed by atoms with Gasteiger partial charge < -0.3 is 14.8 Å². The van der Waals surface area contributed by atoms with Crippen LogP contribution < -0.4 is 0 Å². The Morgan fingerprint density at radius 1 is 1.04 bits per heavy atom. The molecule has 6 nitrogen and oxygen atoms in total. The van der Waals surface area contributed by atoms with Crippen LogP contribution in [0.25, 0.3) is 11.0 Å². The Balaban J connectivity index is 2.05. The van der Waals surface area contributed by atoms with Crippen LogP contribution in [0.3, 0.4) is 0 Å². The van der Waals surface area contributed by atoms with Crippen LogP contribution in [0.2, 0.25) is 0 Å². The van der Waals surface area contributed by atoms with Gasteiger partial charge in [-0.2, -0.15) is 0 Å². The van der Waals surface area contributed by atoms with Gasteiger partial charge in [-0.3, -0.25) is 0 Å². The zero-order valence-corrected chi connectivity index (χ0v) is 14.5. The molecule has 134 valence electrons. The molecule has 0 aliphatic carbocycles. The number of aromatic nitrogens is 2. The van der Waals surface area contributed by atoms with Crippen LogP contribution in [0, 0.1) is 0 Å². The standard InChI is InChI=1S/C20H20N2O4/c1-2-3-7-17-21-18-15(20(25)26)5-4-6-16(18)22(17)12-13-8-10-14(11-9-13)19(23)24/h4-6,8-11H,2-3,7,12H2,1H3,(H,23,24)(H,25,26). The zero-order valence-electron chi connectivity index (χ0n) is 14.5. The Labute approximate surface area is 150 Å². The van der Waals surface area contributed by atoms with Gasteiger partial charge in [0.25, 0.3) is 0 Å². The fourth-order valence-electron chi connectivity index (χ4n) is 3.01. The first-order valence-corrected chi connectivity index (χ1v) is 8.55. The largest absolute Gasteiger partial charge is 0.478 e. The van der Waals surface area contributed by atoms with E-state index in [1.165, 1.54) is 0 Å². The van der Waals surface area contributed by atoms with Gasteiger partial charge in [0.2, 0.25) is 0 Å². The first-order valence-electron chi connectivity index (χ1n) is 8.55. The number of hydrogen-bond donors (Lipinski definition) is 2. The number of carboxylic acids is 2. The highest BCUT2D eigenvalue weighted by Gasteiger charge is 2.17. The van der Waals surface area contributed by atoms with Gasteiger partial charge in [-0.05, 0) is 36.2 Å². The molecule has 0 amide bonds. The van der Waals surface area contributed by atoms with Crippen molar-refractivity contribution in [3.05, 3.63) is 65.0 Å². The van der Waals surface area contributed by atoms with Gasteiger partial charge in [-0.15, -0.1) is 0 Å². The number of para-hydroxylation sites is 1. The molecule has 2 aromatic carbocycles. The van der Waals surface area contributed by atoms with Crippen LogP contribution in [-0.2, 0) is 13.0 Å². The Hall–Kier alpha value is -3.15. The van der Waals surface area contributed by atoms with Crippen molar-refractivity contribution in [2.45, 2.75) is 32.7 Å². The molecule has 6 heteroatoms. The van der Waals surface area contributed by atoms with Crippen molar-refractivity contribution < 1.29 is 19.8 Å². The molecule has 2 N–H and O–H groups in total. The van der Waals surface area contributed by atoms with Gasteiger partial charge in [-0.25, -0.2) is 14.6 Å². The van der Waals surface area contributed by atoms with Gasteiger partial charge >= 0.3 is 11.9 Å². The van der Waals surface area contributed by atoms with Crippen LogP contribution >= 0.6 is 0 Å². The monoisotopic (exact) mass is 352 g/mol. The molecule has 0 saturated carbocycles. The molecule has 0 radical (unpaired) electrons. The summed E-state index contributed by atoms with van der Waals surface area (Å²) in [6, 6.07) is 11.9. The van der Waals surface area contributed by atoms with Gasteiger partial charge in [-0.1, -0.05) is 31.5 Å². The number of fused-ring (bicyclic) bond motifs is 1. The SMILES string of the molecule is CCCCc1nc2c(C(=O)O)cccc2n1Cc1ccc(C(=O)O)cc1. The average Bonchev–Trinajstić information content (AvgIpc) is 2.97. The molecular formula is C20H20N2O4. The lowest BCUT2D eigenvalue weighted by Crippen LogP contribution is -2.06. The summed E-state index contributed by atoms with van der Waals surface area (Å²) < 4.78 is 2.02. The molecule has 3 rings (SSSR count). The Morgan fingerprint density at radius 2 is 1.77 bits per heavy atom. The lowest BCUT2D eigenvalue weighted by atomic mass is 10.1. The fraction of sp³-hybridized carbons (Fsp3) is 0.250. The summed E-state index contributed by atoms with van der Waals surface area (Å²) in [4.78, 5) is 27.1. The van der Waals surface area contributed by atoms with Crippen LogP contribution in [0.1, 0.15) is 51.9 Å².